The summed E-state index contributed by atoms with van der Waals surface area (Å²) in [7, 11) is 0. The Morgan fingerprint density at radius 2 is 2.04 bits per heavy atom. The maximum atomic E-state index is 12.8. The number of nitrogens with zero attached hydrogens (tertiary/aromatic N) is 2. The first-order valence-electron chi connectivity index (χ1n) is 10.2. The van der Waals surface area contributed by atoms with Crippen LogP contribution in [0.15, 0.2) is 42.0 Å². The van der Waals surface area contributed by atoms with E-state index in [0.717, 1.165) is 25.7 Å². The van der Waals surface area contributed by atoms with E-state index in [4.69, 9.17) is 0 Å². The molecule has 2 amide bonds. The van der Waals surface area contributed by atoms with Crippen LogP contribution >= 0.6 is 0 Å². The molecule has 150 valence electrons. The van der Waals surface area contributed by atoms with Crippen LogP contribution in [0.2, 0.25) is 0 Å². The first-order valence-corrected chi connectivity index (χ1v) is 10.2. The van der Waals surface area contributed by atoms with E-state index in [1.807, 2.05) is 38.1 Å². The van der Waals surface area contributed by atoms with Crippen LogP contribution in [0.4, 0.5) is 0 Å². The first kappa shape index (κ1) is 21.7. The minimum atomic E-state index is -0.189. The van der Waals surface area contributed by atoms with Gasteiger partial charge in [0, 0.05) is 25.6 Å². The number of rotatable bonds is 8. The largest absolute Gasteiger partial charge is 0.356 e. The number of hydrogen-bond donors (Lipinski definition) is 1. The normalized spacial score (nSPS) is 17.3. The van der Waals surface area contributed by atoms with Gasteiger partial charge < -0.3 is 10.2 Å². The minimum absolute atomic E-state index is 0.0205. The number of amides is 2. The van der Waals surface area contributed by atoms with Gasteiger partial charge in [0.2, 0.25) is 5.91 Å². The minimum Gasteiger partial charge on any atom is -0.356 e. The van der Waals surface area contributed by atoms with Crippen LogP contribution < -0.4 is 5.32 Å². The quantitative estimate of drug-likeness (QED) is 0.552. The molecule has 5 nitrogen and oxygen atoms in total. The molecule has 1 aliphatic heterocycles. The topological polar surface area (TPSA) is 73.2 Å². The van der Waals surface area contributed by atoms with Gasteiger partial charge in [0.1, 0.15) is 11.6 Å². The fourth-order valence-electron chi connectivity index (χ4n) is 3.59. The summed E-state index contributed by atoms with van der Waals surface area (Å²) in [4.78, 5) is 26.8. The lowest BCUT2D eigenvalue weighted by Gasteiger charge is -2.35. The molecule has 1 atom stereocenters. The van der Waals surface area contributed by atoms with Gasteiger partial charge in [-0.2, -0.15) is 5.26 Å². The number of likely N-dealkylation sites (tertiary alicyclic amines) is 1. The summed E-state index contributed by atoms with van der Waals surface area (Å²) in [6.45, 7) is 5.19. The van der Waals surface area contributed by atoms with Crippen molar-refractivity contribution in [1.29, 1.82) is 5.26 Å². The van der Waals surface area contributed by atoms with Gasteiger partial charge >= 0.3 is 0 Å². The molecule has 1 aliphatic rings. The molecule has 0 bridgehead atoms. The van der Waals surface area contributed by atoms with Crippen molar-refractivity contribution < 1.29 is 9.59 Å². The van der Waals surface area contributed by atoms with E-state index in [2.05, 4.69) is 17.4 Å². The van der Waals surface area contributed by atoms with Crippen molar-refractivity contribution in [3.05, 3.63) is 47.5 Å². The summed E-state index contributed by atoms with van der Waals surface area (Å²) in [5, 5.41) is 12.3. The molecular weight excluding hydrogens is 350 g/mol. The number of allylic oxidation sites excluding steroid dienone is 1. The number of carbonyl (C=O) groups is 2. The van der Waals surface area contributed by atoms with E-state index in [1.165, 1.54) is 5.56 Å². The maximum Gasteiger partial charge on any atom is 0.264 e. The van der Waals surface area contributed by atoms with Gasteiger partial charge in [-0.15, -0.1) is 0 Å². The predicted molar refractivity (Wildman–Crippen MR) is 110 cm³/mol. The summed E-state index contributed by atoms with van der Waals surface area (Å²) < 4.78 is 0. The molecule has 1 heterocycles. The molecule has 1 saturated heterocycles. The smallest absolute Gasteiger partial charge is 0.264 e. The van der Waals surface area contributed by atoms with E-state index in [1.54, 1.807) is 11.0 Å². The van der Waals surface area contributed by atoms with Gasteiger partial charge in [-0.1, -0.05) is 50.3 Å². The zero-order valence-corrected chi connectivity index (χ0v) is 17.0. The number of nitriles is 1. The highest BCUT2D eigenvalue weighted by Gasteiger charge is 2.29. The highest BCUT2D eigenvalue weighted by atomic mass is 16.2. The molecule has 28 heavy (non-hydrogen) atoms. The third kappa shape index (κ3) is 6.84. The Bertz CT molecular complexity index is 719. The highest BCUT2D eigenvalue weighted by Crippen LogP contribution is 2.23. The van der Waals surface area contributed by atoms with Crippen molar-refractivity contribution in [1.82, 2.24) is 10.2 Å². The fourth-order valence-corrected chi connectivity index (χ4v) is 3.59. The fraction of sp³-hybridized carbons (Fsp3) is 0.522. The van der Waals surface area contributed by atoms with Crippen LogP contribution in [0.25, 0.3) is 0 Å². The van der Waals surface area contributed by atoms with E-state index in [-0.39, 0.29) is 29.3 Å². The van der Waals surface area contributed by atoms with Crippen LogP contribution in [0, 0.1) is 17.2 Å². The second-order valence-electron chi connectivity index (χ2n) is 7.71. The Kier molecular flexibility index (Phi) is 8.74. The molecule has 1 unspecified atom stereocenters. The summed E-state index contributed by atoms with van der Waals surface area (Å²) in [5.41, 5.74) is 1.42. The SMILES string of the molecule is CC(C)C=C(C#N)C(=O)N1CCCCC1CCC(=O)NCCc1ccccc1. The van der Waals surface area contributed by atoms with E-state index in [0.29, 0.717) is 25.9 Å². The summed E-state index contributed by atoms with van der Waals surface area (Å²) in [6.07, 6.45) is 6.48. The molecule has 1 fully saturated rings. The van der Waals surface area contributed by atoms with Crippen molar-refractivity contribution in [3.8, 4) is 6.07 Å². The lowest BCUT2D eigenvalue weighted by molar-refractivity contribution is -0.131. The first-order chi connectivity index (χ1) is 13.5. The molecule has 0 aromatic heterocycles. The second kappa shape index (κ2) is 11.3. The lowest BCUT2D eigenvalue weighted by Crippen LogP contribution is -2.44. The maximum absolute atomic E-state index is 12.8. The molecule has 5 heteroatoms. The Labute approximate surface area is 168 Å². The molecule has 0 spiro atoms. The van der Waals surface area contributed by atoms with Crippen molar-refractivity contribution in [2.45, 2.75) is 58.4 Å². The van der Waals surface area contributed by atoms with Gasteiger partial charge in [-0.3, -0.25) is 9.59 Å². The Balaban J connectivity index is 1.84. The average Bonchev–Trinajstić information content (AvgIpc) is 2.71. The number of piperidine rings is 1. The van der Waals surface area contributed by atoms with Crippen LogP contribution in [0.1, 0.15) is 51.5 Å². The molecule has 1 N–H and O–H groups in total. The summed E-state index contributed by atoms with van der Waals surface area (Å²) in [5.74, 6) is -0.0187. The highest BCUT2D eigenvalue weighted by molar-refractivity contribution is 5.97. The van der Waals surface area contributed by atoms with E-state index < -0.39 is 0 Å². The van der Waals surface area contributed by atoms with Gasteiger partial charge in [-0.05, 0) is 43.6 Å². The number of nitrogens with one attached hydrogen (secondary N) is 1. The second-order valence-corrected chi connectivity index (χ2v) is 7.71. The van der Waals surface area contributed by atoms with Gasteiger partial charge in [0.15, 0.2) is 0 Å². The average molecular weight is 382 g/mol. The molecule has 0 aliphatic carbocycles. The van der Waals surface area contributed by atoms with Crippen molar-refractivity contribution in [3.63, 3.8) is 0 Å². The summed E-state index contributed by atoms with van der Waals surface area (Å²) >= 11 is 0. The van der Waals surface area contributed by atoms with E-state index >= 15 is 0 Å². The van der Waals surface area contributed by atoms with E-state index in [9.17, 15) is 14.9 Å². The standard InChI is InChI=1S/C23H31N3O2/c1-18(2)16-20(17-24)23(28)26-15-7-6-10-21(26)11-12-22(27)25-14-13-19-8-4-3-5-9-19/h3-5,8-9,16,18,21H,6-7,10-15H2,1-2H3,(H,25,27). The number of benzene rings is 1. The zero-order chi connectivity index (χ0) is 20.4. The van der Waals surface area contributed by atoms with Crippen LogP contribution in [-0.4, -0.2) is 35.8 Å². The molecule has 2 rings (SSSR count). The lowest BCUT2D eigenvalue weighted by atomic mass is 9.96. The van der Waals surface area contributed by atoms with Crippen LogP contribution in [0.5, 0.6) is 0 Å². The van der Waals surface area contributed by atoms with Crippen molar-refractivity contribution >= 4 is 11.8 Å². The molecule has 1 aromatic carbocycles. The number of carbonyl (C=O) groups excluding carboxylic acids is 2. The predicted octanol–water partition coefficient (Wildman–Crippen LogP) is 3.61. The summed E-state index contributed by atoms with van der Waals surface area (Å²) in [6, 6.07) is 12.2. The Hall–Kier alpha value is -2.61. The Morgan fingerprint density at radius 3 is 2.71 bits per heavy atom. The van der Waals surface area contributed by atoms with Crippen LogP contribution in [-0.2, 0) is 16.0 Å². The molecular formula is C23H31N3O2. The molecule has 1 aromatic rings. The third-order valence-electron chi connectivity index (χ3n) is 5.02. The molecule has 0 radical (unpaired) electrons. The van der Waals surface area contributed by atoms with Crippen LogP contribution in [0.3, 0.4) is 0 Å². The zero-order valence-electron chi connectivity index (χ0n) is 17.0. The monoisotopic (exact) mass is 381 g/mol. The van der Waals surface area contributed by atoms with Gasteiger partial charge in [-0.25, -0.2) is 0 Å². The van der Waals surface area contributed by atoms with Crippen molar-refractivity contribution in [2.24, 2.45) is 5.92 Å². The number of hydrogen-bond acceptors (Lipinski definition) is 3. The Morgan fingerprint density at radius 1 is 1.29 bits per heavy atom. The third-order valence-corrected chi connectivity index (χ3v) is 5.02. The van der Waals surface area contributed by atoms with Crippen molar-refractivity contribution in [2.75, 3.05) is 13.1 Å². The van der Waals surface area contributed by atoms with Gasteiger partial charge in [0.25, 0.3) is 5.91 Å². The molecule has 0 saturated carbocycles. The van der Waals surface area contributed by atoms with Gasteiger partial charge in [0.05, 0.1) is 0 Å².